The summed E-state index contributed by atoms with van der Waals surface area (Å²) in [7, 11) is 1.63. The van der Waals surface area contributed by atoms with Gasteiger partial charge in [0.25, 0.3) is 5.91 Å². The molecule has 3 N–H and O–H groups in total. The highest BCUT2D eigenvalue weighted by Crippen LogP contribution is 2.25. The third-order valence-corrected chi connectivity index (χ3v) is 3.93. The Hall–Kier alpha value is -1.92. The Morgan fingerprint density at radius 2 is 2.05 bits per heavy atom. The van der Waals surface area contributed by atoms with Crippen LogP contribution in [0, 0.1) is 0 Å². The molecule has 0 atom stereocenters. The van der Waals surface area contributed by atoms with Gasteiger partial charge in [-0.25, -0.2) is 4.98 Å². The molecule has 0 unspecified atom stereocenters. The molecule has 21 heavy (non-hydrogen) atoms. The topological polar surface area (TPSA) is 77.2 Å². The Morgan fingerprint density at radius 1 is 1.38 bits per heavy atom. The maximum absolute atomic E-state index is 12.1. The van der Waals surface area contributed by atoms with E-state index >= 15 is 0 Å². The van der Waals surface area contributed by atoms with Crippen LogP contribution < -0.4 is 15.8 Å². The molecular weight excluding hydrogens is 286 g/mol. The maximum Gasteiger partial charge on any atom is 0.271 e. The molecule has 112 valence electrons. The van der Waals surface area contributed by atoms with E-state index in [1.807, 2.05) is 38.1 Å². The van der Waals surface area contributed by atoms with Crippen LogP contribution in [-0.4, -0.2) is 30.1 Å². The zero-order valence-electron chi connectivity index (χ0n) is 12.3. The fourth-order valence-electron chi connectivity index (χ4n) is 1.67. The minimum absolute atomic E-state index is 0.207. The summed E-state index contributed by atoms with van der Waals surface area (Å²) in [5.41, 5.74) is 6.53. The highest BCUT2D eigenvalue weighted by molar-refractivity contribution is 7.13. The molecule has 2 rings (SSSR count). The number of rotatable bonds is 5. The Morgan fingerprint density at radius 3 is 2.62 bits per heavy atom. The summed E-state index contributed by atoms with van der Waals surface area (Å²) in [5.74, 6) is 0.583. The predicted molar refractivity (Wildman–Crippen MR) is 84.7 cm³/mol. The normalized spacial score (nSPS) is 11.2. The van der Waals surface area contributed by atoms with Gasteiger partial charge in [0.2, 0.25) is 0 Å². The maximum atomic E-state index is 12.1. The van der Waals surface area contributed by atoms with E-state index in [9.17, 15) is 4.79 Å². The summed E-state index contributed by atoms with van der Waals surface area (Å²) in [6, 6.07) is 7.58. The Bertz CT molecular complexity index is 620. The molecule has 5 nitrogen and oxygen atoms in total. The standard InChI is InChI=1S/C15H19N3O2S/c1-15(2,9-16)18-13(19)12-8-21-14(17-12)10-4-6-11(20-3)7-5-10/h4-8H,9,16H2,1-3H3,(H,18,19). The van der Waals surface area contributed by atoms with E-state index in [0.717, 1.165) is 16.3 Å². The summed E-state index contributed by atoms with van der Waals surface area (Å²) < 4.78 is 5.12. The zero-order chi connectivity index (χ0) is 15.5. The van der Waals surface area contributed by atoms with Crippen molar-refractivity contribution in [1.82, 2.24) is 10.3 Å². The van der Waals surface area contributed by atoms with Gasteiger partial charge in [0, 0.05) is 23.0 Å². The second-order valence-electron chi connectivity index (χ2n) is 5.31. The monoisotopic (exact) mass is 305 g/mol. The first-order valence-electron chi connectivity index (χ1n) is 6.58. The van der Waals surface area contributed by atoms with Crippen molar-refractivity contribution in [2.24, 2.45) is 5.73 Å². The molecule has 0 aliphatic carbocycles. The fraction of sp³-hybridized carbons (Fsp3) is 0.333. The van der Waals surface area contributed by atoms with Crippen LogP contribution in [0.25, 0.3) is 10.6 Å². The molecule has 0 radical (unpaired) electrons. The lowest BCUT2D eigenvalue weighted by molar-refractivity contribution is 0.0911. The average molecular weight is 305 g/mol. The van der Waals surface area contributed by atoms with E-state index in [0.29, 0.717) is 12.2 Å². The van der Waals surface area contributed by atoms with Gasteiger partial charge < -0.3 is 15.8 Å². The molecule has 0 bridgehead atoms. The van der Waals surface area contributed by atoms with Gasteiger partial charge in [0.15, 0.2) is 0 Å². The molecule has 0 spiro atoms. The molecule has 1 amide bonds. The SMILES string of the molecule is COc1ccc(-c2nc(C(=O)NC(C)(C)CN)cs2)cc1. The zero-order valence-corrected chi connectivity index (χ0v) is 13.2. The highest BCUT2D eigenvalue weighted by atomic mass is 32.1. The molecule has 6 heteroatoms. The number of carbonyl (C=O) groups excluding carboxylic acids is 1. The lowest BCUT2D eigenvalue weighted by Crippen LogP contribution is -2.48. The van der Waals surface area contributed by atoms with Crippen LogP contribution in [0.4, 0.5) is 0 Å². The summed E-state index contributed by atoms with van der Waals surface area (Å²) in [5, 5.41) is 5.42. The number of thiazole rings is 1. The van der Waals surface area contributed by atoms with Gasteiger partial charge >= 0.3 is 0 Å². The molecule has 0 saturated heterocycles. The predicted octanol–water partition coefficient (Wildman–Crippen LogP) is 2.29. The molecule has 0 fully saturated rings. The number of hydrogen-bond acceptors (Lipinski definition) is 5. The first kappa shape index (κ1) is 15.5. The van der Waals surface area contributed by atoms with Gasteiger partial charge in [-0.15, -0.1) is 11.3 Å². The number of nitrogens with one attached hydrogen (secondary N) is 1. The van der Waals surface area contributed by atoms with E-state index in [4.69, 9.17) is 10.5 Å². The van der Waals surface area contributed by atoms with Crippen LogP contribution >= 0.6 is 11.3 Å². The fourth-order valence-corrected chi connectivity index (χ4v) is 2.47. The molecule has 1 heterocycles. The van der Waals surface area contributed by atoms with Gasteiger partial charge in [-0.05, 0) is 38.1 Å². The van der Waals surface area contributed by atoms with Crippen molar-refractivity contribution in [3.05, 3.63) is 35.3 Å². The quantitative estimate of drug-likeness (QED) is 0.888. The van der Waals surface area contributed by atoms with E-state index < -0.39 is 5.54 Å². The molecule has 2 aromatic rings. The molecule has 0 aliphatic heterocycles. The van der Waals surface area contributed by atoms with Gasteiger partial charge in [0.1, 0.15) is 16.5 Å². The molecule has 1 aromatic heterocycles. The first-order chi connectivity index (χ1) is 9.95. The van der Waals surface area contributed by atoms with Crippen LogP contribution in [0.3, 0.4) is 0 Å². The Labute approximate surface area is 128 Å². The number of methoxy groups -OCH3 is 1. The van der Waals surface area contributed by atoms with Crippen molar-refractivity contribution in [1.29, 1.82) is 0 Å². The van der Waals surface area contributed by atoms with Crippen molar-refractivity contribution in [2.75, 3.05) is 13.7 Å². The van der Waals surface area contributed by atoms with Crippen molar-refractivity contribution in [2.45, 2.75) is 19.4 Å². The second kappa shape index (κ2) is 6.24. The summed E-state index contributed by atoms with van der Waals surface area (Å²) in [4.78, 5) is 16.5. The minimum atomic E-state index is -0.443. The van der Waals surface area contributed by atoms with Crippen LogP contribution in [0.15, 0.2) is 29.6 Å². The summed E-state index contributed by atoms with van der Waals surface area (Å²) in [6.07, 6.45) is 0. The van der Waals surface area contributed by atoms with Crippen LogP contribution in [0.1, 0.15) is 24.3 Å². The van der Waals surface area contributed by atoms with E-state index in [2.05, 4.69) is 10.3 Å². The number of nitrogens with zero attached hydrogens (tertiary/aromatic N) is 1. The van der Waals surface area contributed by atoms with Crippen molar-refractivity contribution in [3.8, 4) is 16.3 Å². The number of nitrogens with two attached hydrogens (primary N) is 1. The van der Waals surface area contributed by atoms with Gasteiger partial charge in [-0.2, -0.15) is 0 Å². The van der Waals surface area contributed by atoms with Gasteiger partial charge in [-0.1, -0.05) is 0 Å². The van der Waals surface area contributed by atoms with E-state index in [-0.39, 0.29) is 5.91 Å². The molecule has 0 saturated carbocycles. The largest absolute Gasteiger partial charge is 0.497 e. The first-order valence-corrected chi connectivity index (χ1v) is 7.46. The third-order valence-electron chi connectivity index (χ3n) is 3.04. The Kier molecular flexibility index (Phi) is 4.59. The van der Waals surface area contributed by atoms with Crippen LogP contribution in [0.2, 0.25) is 0 Å². The minimum Gasteiger partial charge on any atom is -0.497 e. The summed E-state index contributed by atoms with van der Waals surface area (Å²) in [6.45, 7) is 4.12. The third kappa shape index (κ3) is 3.80. The second-order valence-corrected chi connectivity index (χ2v) is 6.17. The molecule has 1 aromatic carbocycles. The van der Waals surface area contributed by atoms with Gasteiger partial charge in [0.05, 0.1) is 7.11 Å². The van der Waals surface area contributed by atoms with Crippen molar-refractivity contribution in [3.63, 3.8) is 0 Å². The van der Waals surface area contributed by atoms with E-state index in [1.54, 1.807) is 12.5 Å². The lowest BCUT2D eigenvalue weighted by Gasteiger charge is -2.23. The van der Waals surface area contributed by atoms with Crippen molar-refractivity contribution >= 4 is 17.2 Å². The Balaban J connectivity index is 2.15. The lowest BCUT2D eigenvalue weighted by atomic mass is 10.1. The number of ether oxygens (including phenoxy) is 1. The number of aromatic nitrogens is 1. The van der Waals surface area contributed by atoms with Gasteiger partial charge in [-0.3, -0.25) is 4.79 Å². The van der Waals surface area contributed by atoms with Crippen molar-refractivity contribution < 1.29 is 9.53 Å². The van der Waals surface area contributed by atoms with E-state index in [1.165, 1.54) is 11.3 Å². The smallest absolute Gasteiger partial charge is 0.271 e. The van der Waals surface area contributed by atoms with Crippen LogP contribution in [-0.2, 0) is 0 Å². The highest BCUT2D eigenvalue weighted by Gasteiger charge is 2.21. The number of benzene rings is 1. The average Bonchev–Trinajstić information content (AvgIpc) is 2.97. The van der Waals surface area contributed by atoms with Crippen LogP contribution in [0.5, 0.6) is 5.75 Å². The molecular formula is C15H19N3O2S. The number of hydrogen-bond donors (Lipinski definition) is 2. The number of carbonyl (C=O) groups is 1. The summed E-state index contributed by atoms with van der Waals surface area (Å²) >= 11 is 1.43. The molecule has 0 aliphatic rings. The number of amides is 1.